The summed E-state index contributed by atoms with van der Waals surface area (Å²) in [6, 6.07) is 4.98. The molecule has 0 bridgehead atoms. The average molecular weight is 267 g/mol. The van der Waals surface area contributed by atoms with E-state index in [9.17, 15) is 9.18 Å². The molecule has 0 aliphatic heterocycles. The van der Waals surface area contributed by atoms with Crippen LogP contribution in [0.5, 0.6) is 0 Å². The minimum atomic E-state index is -0.379. The van der Waals surface area contributed by atoms with Crippen molar-refractivity contribution >= 4 is 17.4 Å². The molecule has 0 heterocycles. The van der Waals surface area contributed by atoms with Crippen LogP contribution in [0.4, 0.5) is 4.39 Å². The van der Waals surface area contributed by atoms with Crippen LogP contribution in [0.25, 0.3) is 0 Å². The standard InChI is InChI=1S/C15H16ClFO/c1-15(2)8-10(7-12(18)9-15)6-11-4-3-5-13(16)14(11)17/h3-5,7H,6,8-9H2,1-2H3. The van der Waals surface area contributed by atoms with Gasteiger partial charge in [-0.2, -0.15) is 0 Å². The first-order valence-corrected chi connectivity index (χ1v) is 6.40. The van der Waals surface area contributed by atoms with Crippen molar-refractivity contribution in [2.45, 2.75) is 33.1 Å². The third-order valence-electron chi connectivity index (χ3n) is 3.17. The van der Waals surface area contributed by atoms with Gasteiger partial charge in [-0.25, -0.2) is 4.39 Å². The van der Waals surface area contributed by atoms with Gasteiger partial charge in [0.1, 0.15) is 5.82 Å². The summed E-state index contributed by atoms with van der Waals surface area (Å²) in [5, 5.41) is 0.134. The Hall–Kier alpha value is -1.15. The molecule has 0 N–H and O–H groups in total. The van der Waals surface area contributed by atoms with E-state index in [4.69, 9.17) is 11.6 Å². The zero-order chi connectivity index (χ0) is 13.3. The lowest BCUT2D eigenvalue weighted by molar-refractivity contribution is -0.117. The fourth-order valence-electron chi connectivity index (χ4n) is 2.52. The van der Waals surface area contributed by atoms with Gasteiger partial charge < -0.3 is 0 Å². The molecule has 0 fully saturated rings. The smallest absolute Gasteiger partial charge is 0.156 e. The number of allylic oxidation sites excluding steroid dienone is 2. The topological polar surface area (TPSA) is 17.1 Å². The molecular weight excluding hydrogens is 251 g/mol. The van der Waals surface area contributed by atoms with Crippen molar-refractivity contribution in [2.75, 3.05) is 0 Å². The van der Waals surface area contributed by atoms with E-state index in [0.717, 1.165) is 12.0 Å². The maximum Gasteiger partial charge on any atom is 0.156 e. The normalized spacial score (nSPS) is 18.7. The van der Waals surface area contributed by atoms with Crippen molar-refractivity contribution in [1.82, 2.24) is 0 Å². The molecule has 1 nitrogen and oxygen atoms in total. The first-order valence-electron chi connectivity index (χ1n) is 6.02. The zero-order valence-electron chi connectivity index (χ0n) is 10.6. The number of hydrogen-bond acceptors (Lipinski definition) is 1. The van der Waals surface area contributed by atoms with Crippen LogP contribution in [-0.2, 0) is 11.2 Å². The number of hydrogen-bond donors (Lipinski definition) is 0. The molecule has 1 aromatic carbocycles. The first kappa shape index (κ1) is 13.3. The van der Waals surface area contributed by atoms with Crippen LogP contribution in [0.2, 0.25) is 5.02 Å². The van der Waals surface area contributed by atoms with Crippen LogP contribution in [0.1, 0.15) is 32.3 Å². The second-order valence-corrected chi connectivity index (χ2v) is 6.08. The summed E-state index contributed by atoms with van der Waals surface area (Å²) in [5.41, 5.74) is 1.51. The molecule has 3 heteroatoms. The van der Waals surface area contributed by atoms with Crippen LogP contribution in [-0.4, -0.2) is 5.78 Å². The lowest BCUT2D eigenvalue weighted by atomic mass is 9.75. The van der Waals surface area contributed by atoms with E-state index in [1.165, 1.54) is 6.07 Å². The zero-order valence-corrected chi connectivity index (χ0v) is 11.4. The molecule has 0 spiro atoms. The van der Waals surface area contributed by atoms with Crippen LogP contribution in [0.3, 0.4) is 0 Å². The Labute approximate surface area is 112 Å². The molecule has 0 amide bonds. The van der Waals surface area contributed by atoms with Crippen LogP contribution in [0, 0.1) is 11.2 Å². The third-order valence-corrected chi connectivity index (χ3v) is 3.46. The van der Waals surface area contributed by atoms with E-state index >= 15 is 0 Å². The number of carbonyl (C=O) groups is 1. The predicted molar refractivity (Wildman–Crippen MR) is 71.2 cm³/mol. The van der Waals surface area contributed by atoms with Gasteiger partial charge in [-0.1, -0.05) is 43.2 Å². The quantitative estimate of drug-likeness (QED) is 0.778. The lowest BCUT2D eigenvalue weighted by Crippen LogP contribution is -2.22. The summed E-state index contributed by atoms with van der Waals surface area (Å²) >= 11 is 5.75. The predicted octanol–water partition coefficient (Wildman–Crippen LogP) is 4.34. The Morgan fingerprint density at radius 3 is 2.72 bits per heavy atom. The molecule has 18 heavy (non-hydrogen) atoms. The molecule has 0 unspecified atom stereocenters. The number of carbonyl (C=O) groups excluding carboxylic acids is 1. The van der Waals surface area contributed by atoms with Gasteiger partial charge in [0.2, 0.25) is 0 Å². The number of ketones is 1. The van der Waals surface area contributed by atoms with Crippen molar-refractivity contribution < 1.29 is 9.18 Å². The molecule has 0 saturated carbocycles. The van der Waals surface area contributed by atoms with E-state index in [2.05, 4.69) is 13.8 Å². The van der Waals surface area contributed by atoms with Crippen molar-refractivity contribution in [1.29, 1.82) is 0 Å². The highest BCUT2D eigenvalue weighted by molar-refractivity contribution is 6.30. The van der Waals surface area contributed by atoms with Gasteiger partial charge in [-0.05, 0) is 36.0 Å². The summed E-state index contributed by atoms with van der Waals surface area (Å²) < 4.78 is 13.8. The number of benzene rings is 1. The minimum Gasteiger partial charge on any atom is -0.295 e. The van der Waals surface area contributed by atoms with Gasteiger partial charge >= 0.3 is 0 Å². The fourth-order valence-corrected chi connectivity index (χ4v) is 2.72. The second-order valence-electron chi connectivity index (χ2n) is 5.68. The van der Waals surface area contributed by atoms with Gasteiger partial charge in [-0.15, -0.1) is 0 Å². The Bertz CT molecular complexity index is 517. The summed E-state index contributed by atoms with van der Waals surface area (Å²) in [6.07, 6.45) is 3.51. The molecule has 0 saturated heterocycles. The second kappa shape index (κ2) is 4.85. The van der Waals surface area contributed by atoms with E-state index in [0.29, 0.717) is 18.4 Å². The lowest BCUT2D eigenvalue weighted by Gasteiger charge is -2.29. The SMILES string of the molecule is CC1(C)CC(=O)C=C(Cc2cccc(Cl)c2F)C1. The van der Waals surface area contributed by atoms with Crippen molar-refractivity contribution in [3.8, 4) is 0 Å². The highest BCUT2D eigenvalue weighted by atomic mass is 35.5. The van der Waals surface area contributed by atoms with Gasteiger partial charge in [0.05, 0.1) is 5.02 Å². The Morgan fingerprint density at radius 1 is 1.33 bits per heavy atom. The van der Waals surface area contributed by atoms with Gasteiger partial charge in [-0.3, -0.25) is 4.79 Å². The summed E-state index contributed by atoms with van der Waals surface area (Å²) in [6.45, 7) is 4.12. The molecule has 2 rings (SSSR count). The fraction of sp³-hybridized carbons (Fsp3) is 0.400. The van der Waals surface area contributed by atoms with Crippen LogP contribution < -0.4 is 0 Å². The Balaban J connectivity index is 2.24. The maximum atomic E-state index is 13.8. The number of rotatable bonds is 2. The minimum absolute atomic E-state index is 0.0315. The molecule has 1 aliphatic carbocycles. The van der Waals surface area contributed by atoms with E-state index < -0.39 is 0 Å². The van der Waals surface area contributed by atoms with Crippen molar-refractivity contribution in [2.24, 2.45) is 5.41 Å². The highest BCUT2D eigenvalue weighted by Crippen LogP contribution is 2.35. The summed E-state index contributed by atoms with van der Waals surface area (Å²) in [5.74, 6) is -0.250. The van der Waals surface area contributed by atoms with E-state index in [-0.39, 0.29) is 22.0 Å². The first-order chi connectivity index (χ1) is 8.37. The molecule has 1 aliphatic rings. The van der Waals surface area contributed by atoms with Crippen LogP contribution in [0.15, 0.2) is 29.8 Å². The van der Waals surface area contributed by atoms with E-state index in [1.807, 2.05) is 0 Å². The number of halogens is 2. The molecule has 0 atom stereocenters. The van der Waals surface area contributed by atoms with E-state index in [1.54, 1.807) is 18.2 Å². The van der Waals surface area contributed by atoms with Crippen molar-refractivity contribution in [3.05, 3.63) is 46.3 Å². The Morgan fingerprint density at radius 2 is 2.06 bits per heavy atom. The maximum absolute atomic E-state index is 13.8. The summed E-state index contributed by atoms with van der Waals surface area (Å²) in [7, 11) is 0. The molecule has 1 aromatic rings. The van der Waals surface area contributed by atoms with Gasteiger partial charge in [0.15, 0.2) is 5.78 Å². The monoisotopic (exact) mass is 266 g/mol. The average Bonchev–Trinajstić information content (AvgIpc) is 2.22. The summed E-state index contributed by atoms with van der Waals surface area (Å²) in [4.78, 5) is 11.6. The largest absolute Gasteiger partial charge is 0.295 e. The Kier molecular flexibility index (Phi) is 3.58. The third kappa shape index (κ3) is 2.99. The molecule has 0 radical (unpaired) electrons. The van der Waals surface area contributed by atoms with Gasteiger partial charge in [0, 0.05) is 6.42 Å². The molecular formula is C15H16ClFO. The van der Waals surface area contributed by atoms with Gasteiger partial charge in [0.25, 0.3) is 0 Å². The van der Waals surface area contributed by atoms with Crippen molar-refractivity contribution in [3.63, 3.8) is 0 Å². The van der Waals surface area contributed by atoms with Crippen LogP contribution >= 0.6 is 11.6 Å². The molecule has 96 valence electrons. The molecule has 0 aromatic heterocycles. The highest BCUT2D eigenvalue weighted by Gasteiger charge is 2.27.